The number of likely N-dealkylation sites (N-methyl/N-ethyl adjacent to an activating group) is 1. The third kappa shape index (κ3) is 3.66. The van der Waals surface area contributed by atoms with Crippen LogP contribution in [0.25, 0.3) is 0 Å². The van der Waals surface area contributed by atoms with Gasteiger partial charge in [-0.25, -0.2) is 9.78 Å². The number of rotatable bonds is 5. The van der Waals surface area contributed by atoms with Crippen LogP contribution < -0.4 is 0 Å². The second-order valence-corrected chi connectivity index (χ2v) is 7.38. The van der Waals surface area contributed by atoms with E-state index in [1.54, 1.807) is 48.7 Å². The van der Waals surface area contributed by atoms with E-state index >= 15 is 0 Å². The maximum atomic E-state index is 13.2. The second-order valence-electron chi connectivity index (χ2n) is 7.38. The summed E-state index contributed by atoms with van der Waals surface area (Å²) < 4.78 is 7.90. The number of aryl methyl sites for hydroxylation is 1. The Kier molecular flexibility index (Phi) is 5.16. The van der Waals surface area contributed by atoms with E-state index in [1.165, 1.54) is 0 Å². The minimum Gasteiger partial charge on any atom is -0.453 e. The highest BCUT2D eigenvalue weighted by atomic mass is 16.5. The summed E-state index contributed by atoms with van der Waals surface area (Å²) >= 11 is 0. The Labute approximate surface area is 169 Å². The van der Waals surface area contributed by atoms with Gasteiger partial charge in [0.2, 0.25) is 5.91 Å². The van der Waals surface area contributed by atoms with E-state index in [1.807, 2.05) is 48.0 Å². The molecule has 3 atom stereocenters. The first kappa shape index (κ1) is 18.9. The maximum absolute atomic E-state index is 13.2. The van der Waals surface area contributed by atoms with Crippen LogP contribution in [-0.2, 0) is 16.6 Å². The molecule has 3 aromatic rings. The standard InChI is InChI=1S/C23H23N3O3/c1-25-14-18(19-13-24-15-26(19)2)20(22(25)27)21(16-9-5-3-6-10-16)29-23(28)17-11-7-4-8-12-17/h3-13,15,18,20-21H,14H2,1-2H3/t18-,20+,21+/m0/s1. The number of nitrogens with zero attached hydrogens (tertiary/aromatic N) is 3. The van der Waals surface area contributed by atoms with Crippen LogP contribution in [0.1, 0.15) is 33.6 Å². The number of amides is 1. The van der Waals surface area contributed by atoms with E-state index in [4.69, 9.17) is 4.74 Å². The molecule has 0 radical (unpaired) electrons. The lowest BCUT2D eigenvalue weighted by Gasteiger charge is -2.27. The van der Waals surface area contributed by atoms with Gasteiger partial charge in [-0.05, 0) is 17.7 Å². The van der Waals surface area contributed by atoms with Crippen LogP contribution in [0.15, 0.2) is 73.2 Å². The molecule has 0 unspecified atom stereocenters. The number of hydrogen-bond acceptors (Lipinski definition) is 4. The lowest BCUT2D eigenvalue weighted by atomic mass is 9.84. The Balaban J connectivity index is 1.74. The average molecular weight is 389 g/mol. The molecule has 6 heteroatoms. The molecule has 1 aliphatic heterocycles. The van der Waals surface area contributed by atoms with Gasteiger partial charge < -0.3 is 14.2 Å². The first-order chi connectivity index (χ1) is 14.1. The summed E-state index contributed by atoms with van der Waals surface area (Å²) in [5, 5.41) is 0. The summed E-state index contributed by atoms with van der Waals surface area (Å²) in [6.45, 7) is 0.551. The van der Waals surface area contributed by atoms with Gasteiger partial charge in [0, 0.05) is 38.4 Å². The first-order valence-electron chi connectivity index (χ1n) is 9.58. The normalized spacial score (nSPS) is 19.9. The van der Waals surface area contributed by atoms with Crippen molar-refractivity contribution in [3.05, 3.63) is 90.0 Å². The van der Waals surface area contributed by atoms with Crippen LogP contribution in [0.2, 0.25) is 0 Å². The van der Waals surface area contributed by atoms with Gasteiger partial charge in [-0.2, -0.15) is 0 Å². The van der Waals surface area contributed by atoms with Crippen LogP contribution in [-0.4, -0.2) is 39.9 Å². The first-order valence-corrected chi connectivity index (χ1v) is 9.58. The molecule has 0 N–H and O–H groups in total. The summed E-state index contributed by atoms with van der Waals surface area (Å²) in [5.41, 5.74) is 2.21. The summed E-state index contributed by atoms with van der Waals surface area (Å²) in [7, 11) is 3.70. The van der Waals surface area contributed by atoms with Crippen LogP contribution in [0.4, 0.5) is 0 Å². The molecule has 2 heterocycles. The van der Waals surface area contributed by atoms with Crippen molar-refractivity contribution in [2.24, 2.45) is 13.0 Å². The zero-order valence-electron chi connectivity index (χ0n) is 16.4. The Morgan fingerprint density at radius 3 is 2.34 bits per heavy atom. The number of hydrogen-bond donors (Lipinski definition) is 0. The third-order valence-corrected chi connectivity index (χ3v) is 5.50. The van der Waals surface area contributed by atoms with E-state index in [-0.39, 0.29) is 11.8 Å². The van der Waals surface area contributed by atoms with E-state index in [9.17, 15) is 9.59 Å². The van der Waals surface area contributed by atoms with Gasteiger partial charge in [0.15, 0.2) is 0 Å². The molecule has 6 nitrogen and oxygen atoms in total. The molecule has 0 aliphatic carbocycles. The fourth-order valence-corrected chi connectivity index (χ4v) is 4.02. The number of carbonyl (C=O) groups excluding carboxylic acids is 2. The molecule has 2 aromatic carbocycles. The Bertz CT molecular complexity index is 1000. The van der Waals surface area contributed by atoms with Crippen molar-refractivity contribution in [2.45, 2.75) is 12.0 Å². The zero-order valence-corrected chi connectivity index (χ0v) is 16.4. The van der Waals surface area contributed by atoms with Gasteiger partial charge in [0.25, 0.3) is 0 Å². The quantitative estimate of drug-likeness (QED) is 0.629. The third-order valence-electron chi connectivity index (χ3n) is 5.50. The smallest absolute Gasteiger partial charge is 0.338 e. The van der Waals surface area contributed by atoms with Gasteiger partial charge >= 0.3 is 5.97 Å². The number of ether oxygens (including phenoxy) is 1. The summed E-state index contributed by atoms with van der Waals surface area (Å²) in [6.07, 6.45) is 2.81. The van der Waals surface area contributed by atoms with Crippen molar-refractivity contribution < 1.29 is 14.3 Å². The minimum atomic E-state index is -0.693. The summed E-state index contributed by atoms with van der Waals surface area (Å²) in [6, 6.07) is 18.3. The predicted octanol–water partition coefficient (Wildman–Crippen LogP) is 3.19. The van der Waals surface area contributed by atoms with Crippen LogP contribution >= 0.6 is 0 Å². The number of benzene rings is 2. The van der Waals surface area contributed by atoms with Crippen molar-refractivity contribution in [3.8, 4) is 0 Å². The maximum Gasteiger partial charge on any atom is 0.338 e. The lowest BCUT2D eigenvalue weighted by molar-refractivity contribution is -0.133. The molecule has 1 aliphatic rings. The van der Waals surface area contributed by atoms with Gasteiger partial charge in [0.05, 0.1) is 17.8 Å². The molecule has 29 heavy (non-hydrogen) atoms. The van der Waals surface area contributed by atoms with Gasteiger partial charge in [-0.1, -0.05) is 48.5 Å². The van der Waals surface area contributed by atoms with Crippen LogP contribution in [0.3, 0.4) is 0 Å². The number of aromatic nitrogens is 2. The number of esters is 1. The van der Waals surface area contributed by atoms with E-state index in [0.717, 1.165) is 11.3 Å². The predicted molar refractivity (Wildman–Crippen MR) is 108 cm³/mol. The summed E-state index contributed by atoms with van der Waals surface area (Å²) in [5.74, 6) is -1.13. The van der Waals surface area contributed by atoms with E-state index in [0.29, 0.717) is 12.1 Å². The molecule has 4 rings (SSSR count). The zero-order chi connectivity index (χ0) is 20.4. The highest BCUT2D eigenvalue weighted by molar-refractivity contribution is 5.90. The van der Waals surface area contributed by atoms with Gasteiger partial charge in [0.1, 0.15) is 6.10 Å². The van der Waals surface area contributed by atoms with Crippen molar-refractivity contribution in [1.82, 2.24) is 14.5 Å². The van der Waals surface area contributed by atoms with Gasteiger partial charge in [-0.3, -0.25) is 4.79 Å². The molecule has 0 bridgehead atoms. The van der Waals surface area contributed by atoms with Crippen molar-refractivity contribution in [1.29, 1.82) is 0 Å². The SMILES string of the molecule is CN1C[C@@H](c2cncn2C)[C@H]([C@H](OC(=O)c2ccccc2)c2ccccc2)C1=O. The highest BCUT2D eigenvalue weighted by Gasteiger charge is 2.47. The van der Waals surface area contributed by atoms with Gasteiger partial charge in [-0.15, -0.1) is 0 Å². The molecule has 1 saturated heterocycles. The molecule has 148 valence electrons. The van der Waals surface area contributed by atoms with E-state index in [2.05, 4.69) is 4.98 Å². The van der Waals surface area contributed by atoms with Crippen molar-refractivity contribution >= 4 is 11.9 Å². The minimum absolute atomic E-state index is 0.0362. The highest BCUT2D eigenvalue weighted by Crippen LogP contribution is 2.42. The fourth-order valence-electron chi connectivity index (χ4n) is 4.02. The number of likely N-dealkylation sites (tertiary alicyclic amines) is 1. The fraction of sp³-hybridized carbons (Fsp3) is 0.261. The average Bonchev–Trinajstić information content (AvgIpc) is 3.30. The molecular formula is C23H23N3O3. The summed E-state index contributed by atoms with van der Waals surface area (Å²) in [4.78, 5) is 31.9. The van der Waals surface area contributed by atoms with E-state index < -0.39 is 18.0 Å². The lowest BCUT2D eigenvalue weighted by Crippen LogP contribution is -2.30. The second kappa shape index (κ2) is 7.91. The topological polar surface area (TPSA) is 64.4 Å². The Morgan fingerprint density at radius 1 is 1.07 bits per heavy atom. The molecule has 1 aromatic heterocycles. The molecular weight excluding hydrogens is 366 g/mol. The monoisotopic (exact) mass is 389 g/mol. The number of carbonyl (C=O) groups is 2. The Hall–Kier alpha value is -3.41. The van der Waals surface area contributed by atoms with Crippen LogP contribution in [0.5, 0.6) is 0 Å². The molecule has 0 saturated carbocycles. The van der Waals surface area contributed by atoms with Crippen molar-refractivity contribution in [2.75, 3.05) is 13.6 Å². The molecule has 1 fully saturated rings. The molecule has 1 amide bonds. The molecule has 0 spiro atoms. The largest absolute Gasteiger partial charge is 0.453 e. The Morgan fingerprint density at radius 2 is 1.72 bits per heavy atom. The van der Waals surface area contributed by atoms with Crippen molar-refractivity contribution in [3.63, 3.8) is 0 Å². The number of imidazole rings is 1. The van der Waals surface area contributed by atoms with Crippen LogP contribution in [0, 0.1) is 5.92 Å².